The van der Waals surface area contributed by atoms with Crippen molar-refractivity contribution in [1.82, 2.24) is 16.0 Å². The maximum Gasteiger partial charge on any atom is 0.243 e. The molecule has 9 heteroatoms. The van der Waals surface area contributed by atoms with Crippen LogP contribution >= 0.6 is 11.6 Å². The number of nitrogens with zero attached hydrogens (tertiary/aromatic N) is 1. The van der Waals surface area contributed by atoms with E-state index in [0.29, 0.717) is 35.9 Å². The average molecular weight is 489 g/mol. The number of nitriles is 1. The minimum absolute atomic E-state index is 0.108. The Balaban J connectivity index is 1.71. The number of hydrogen-bond acceptors (Lipinski definition) is 5. The molecule has 4 atom stereocenters. The Bertz CT molecular complexity index is 966. The Hall–Kier alpha value is -2.63. The first-order chi connectivity index (χ1) is 16.0. The SMILES string of the molecule is CC(C)(C(=O)N[C@@H](CC1CC1)C(=O)NC(C#N)CC1CCNC1=O)C(C)(O)c1ccc(Cl)cc1. The molecule has 1 aromatic carbocycles. The maximum atomic E-state index is 13.4. The van der Waals surface area contributed by atoms with Crippen LogP contribution in [0.5, 0.6) is 0 Å². The summed E-state index contributed by atoms with van der Waals surface area (Å²) in [6.45, 7) is 5.38. The summed E-state index contributed by atoms with van der Waals surface area (Å²) in [6, 6.07) is 7.03. The normalized spacial score (nSPS) is 21.5. The van der Waals surface area contributed by atoms with Crippen molar-refractivity contribution in [2.45, 2.75) is 70.6 Å². The van der Waals surface area contributed by atoms with Gasteiger partial charge in [0.05, 0.1) is 11.5 Å². The number of aliphatic hydroxyl groups is 1. The first-order valence-corrected chi connectivity index (χ1v) is 12.1. The van der Waals surface area contributed by atoms with Gasteiger partial charge >= 0.3 is 0 Å². The second-order valence-electron chi connectivity index (χ2n) is 10.1. The molecule has 0 aromatic heterocycles. The van der Waals surface area contributed by atoms with Gasteiger partial charge in [0, 0.05) is 17.5 Å². The van der Waals surface area contributed by atoms with Gasteiger partial charge in [-0.2, -0.15) is 5.26 Å². The molecule has 3 rings (SSSR count). The molecule has 3 unspecified atom stereocenters. The minimum Gasteiger partial charge on any atom is -0.384 e. The summed E-state index contributed by atoms with van der Waals surface area (Å²) >= 11 is 5.96. The van der Waals surface area contributed by atoms with Gasteiger partial charge in [-0.05, 0) is 63.6 Å². The molecule has 0 bridgehead atoms. The lowest BCUT2D eigenvalue weighted by molar-refractivity contribution is -0.148. The van der Waals surface area contributed by atoms with E-state index < -0.39 is 34.9 Å². The molecule has 8 nitrogen and oxygen atoms in total. The molecule has 1 aliphatic carbocycles. The van der Waals surface area contributed by atoms with E-state index in [1.165, 1.54) is 0 Å². The Morgan fingerprint density at radius 2 is 1.82 bits per heavy atom. The lowest BCUT2D eigenvalue weighted by Crippen LogP contribution is -2.56. The van der Waals surface area contributed by atoms with Crippen LogP contribution in [0.2, 0.25) is 5.02 Å². The number of benzene rings is 1. The van der Waals surface area contributed by atoms with Gasteiger partial charge in [-0.3, -0.25) is 14.4 Å². The lowest BCUT2D eigenvalue weighted by atomic mass is 9.71. The van der Waals surface area contributed by atoms with Gasteiger partial charge in [0.1, 0.15) is 17.7 Å². The van der Waals surface area contributed by atoms with Gasteiger partial charge in [0.25, 0.3) is 0 Å². The van der Waals surface area contributed by atoms with Crippen LogP contribution in [0.4, 0.5) is 0 Å². The molecule has 2 aliphatic rings. The fourth-order valence-electron chi connectivity index (χ4n) is 4.18. The second-order valence-corrected chi connectivity index (χ2v) is 10.5. The molecule has 1 aromatic rings. The van der Waals surface area contributed by atoms with Gasteiger partial charge in [-0.25, -0.2) is 0 Å². The molecular weight excluding hydrogens is 456 g/mol. The molecule has 1 saturated heterocycles. The Morgan fingerprint density at radius 3 is 2.35 bits per heavy atom. The Kier molecular flexibility index (Phi) is 7.89. The zero-order valence-corrected chi connectivity index (χ0v) is 20.6. The highest BCUT2D eigenvalue weighted by atomic mass is 35.5. The monoisotopic (exact) mass is 488 g/mol. The Labute approximate surface area is 205 Å². The van der Waals surface area contributed by atoms with Crippen LogP contribution in [0.3, 0.4) is 0 Å². The smallest absolute Gasteiger partial charge is 0.243 e. The predicted molar refractivity (Wildman–Crippen MR) is 127 cm³/mol. The van der Waals surface area contributed by atoms with Crippen LogP contribution < -0.4 is 16.0 Å². The van der Waals surface area contributed by atoms with Crippen LogP contribution in [-0.2, 0) is 20.0 Å². The zero-order chi connectivity index (χ0) is 25.1. The van der Waals surface area contributed by atoms with Gasteiger partial charge in [-0.1, -0.05) is 36.6 Å². The molecule has 0 spiro atoms. The van der Waals surface area contributed by atoms with E-state index >= 15 is 0 Å². The number of rotatable bonds is 10. The highest BCUT2D eigenvalue weighted by Crippen LogP contribution is 2.40. The van der Waals surface area contributed by atoms with E-state index in [1.807, 2.05) is 0 Å². The van der Waals surface area contributed by atoms with Crippen LogP contribution in [0, 0.1) is 28.6 Å². The van der Waals surface area contributed by atoms with E-state index in [0.717, 1.165) is 12.8 Å². The van der Waals surface area contributed by atoms with E-state index in [4.69, 9.17) is 11.6 Å². The number of carbonyl (C=O) groups is 3. The topological polar surface area (TPSA) is 131 Å². The molecule has 184 valence electrons. The molecule has 1 saturated carbocycles. The van der Waals surface area contributed by atoms with E-state index in [9.17, 15) is 24.8 Å². The zero-order valence-electron chi connectivity index (χ0n) is 19.9. The predicted octanol–water partition coefficient (Wildman–Crippen LogP) is 2.39. The summed E-state index contributed by atoms with van der Waals surface area (Å²) in [7, 11) is 0. The van der Waals surface area contributed by atoms with Crippen LogP contribution in [0.1, 0.15) is 58.4 Å². The first kappa shape index (κ1) is 26.0. The van der Waals surface area contributed by atoms with Gasteiger partial charge < -0.3 is 21.1 Å². The molecule has 3 amide bonds. The van der Waals surface area contributed by atoms with Crippen molar-refractivity contribution in [3.8, 4) is 6.07 Å². The molecule has 1 heterocycles. The van der Waals surface area contributed by atoms with Crippen molar-refractivity contribution in [1.29, 1.82) is 5.26 Å². The van der Waals surface area contributed by atoms with Crippen molar-refractivity contribution in [2.24, 2.45) is 17.3 Å². The van der Waals surface area contributed by atoms with Crippen LogP contribution in [0.25, 0.3) is 0 Å². The fraction of sp³-hybridized carbons (Fsp3) is 0.600. The fourth-order valence-corrected chi connectivity index (χ4v) is 4.31. The summed E-state index contributed by atoms with van der Waals surface area (Å²) in [5.41, 5.74) is -2.29. The highest BCUT2D eigenvalue weighted by molar-refractivity contribution is 6.30. The molecule has 1 aliphatic heterocycles. The van der Waals surface area contributed by atoms with Crippen molar-refractivity contribution in [2.75, 3.05) is 6.54 Å². The van der Waals surface area contributed by atoms with Crippen molar-refractivity contribution in [3.05, 3.63) is 34.9 Å². The third kappa shape index (κ3) is 5.89. The number of carbonyl (C=O) groups excluding carboxylic acids is 3. The lowest BCUT2D eigenvalue weighted by Gasteiger charge is -2.40. The van der Waals surface area contributed by atoms with Crippen molar-refractivity contribution >= 4 is 29.3 Å². The molecule has 0 radical (unpaired) electrons. The van der Waals surface area contributed by atoms with E-state index in [1.54, 1.807) is 45.0 Å². The van der Waals surface area contributed by atoms with Crippen molar-refractivity contribution in [3.63, 3.8) is 0 Å². The van der Waals surface area contributed by atoms with E-state index in [2.05, 4.69) is 22.0 Å². The molecule has 34 heavy (non-hydrogen) atoms. The third-order valence-electron chi connectivity index (χ3n) is 7.23. The van der Waals surface area contributed by atoms with Crippen LogP contribution in [0.15, 0.2) is 24.3 Å². The summed E-state index contributed by atoms with van der Waals surface area (Å²) in [6.07, 6.45) is 3.28. The summed E-state index contributed by atoms with van der Waals surface area (Å²) in [4.78, 5) is 38.3. The molecule has 4 N–H and O–H groups in total. The van der Waals surface area contributed by atoms with Gasteiger partial charge in [0.15, 0.2) is 0 Å². The second kappa shape index (κ2) is 10.3. The number of amides is 3. The minimum atomic E-state index is -1.53. The quantitative estimate of drug-likeness (QED) is 0.401. The first-order valence-electron chi connectivity index (χ1n) is 11.7. The largest absolute Gasteiger partial charge is 0.384 e. The van der Waals surface area contributed by atoms with Crippen molar-refractivity contribution < 1.29 is 19.5 Å². The van der Waals surface area contributed by atoms with Gasteiger partial charge in [0.2, 0.25) is 17.7 Å². The highest BCUT2D eigenvalue weighted by Gasteiger charge is 2.47. The molecular formula is C25H33ClN4O4. The standard InChI is InChI=1S/C25H33ClN4O4/c1-24(2,25(3,34)17-6-8-18(26)9-7-17)23(33)30-20(12-15-4-5-15)22(32)29-19(14-27)13-16-10-11-28-21(16)31/h6-9,15-16,19-20,34H,4-5,10-13H2,1-3H3,(H,28,31)(H,29,32)(H,30,33)/t16?,19?,20-,25?/m0/s1. The number of nitrogens with one attached hydrogen (secondary N) is 3. The summed E-state index contributed by atoms with van der Waals surface area (Å²) in [5.74, 6) is -1.01. The van der Waals surface area contributed by atoms with Crippen LogP contribution in [-0.4, -0.2) is 41.5 Å². The van der Waals surface area contributed by atoms with E-state index in [-0.39, 0.29) is 18.2 Å². The number of hydrogen-bond donors (Lipinski definition) is 4. The summed E-state index contributed by atoms with van der Waals surface area (Å²) in [5, 5.41) is 29.6. The summed E-state index contributed by atoms with van der Waals surface area (Å²) < 4.78 is 0. The Morgan fingerprint density at radius 1 is 1.18 bits per heavy atom. The maximum absolute atomic E-state index is 13.4. The molecule has 2 fully saturated rings. The number of halogens is 1. The van der Waals surface area contributed by atoms with Gasteiger partial charge in [-0.15, -0.1) is 0 Å². The third-order valence-corrected chi connectivity index (χ3v) is 7.49. The average Bonchev–Trinajstić information content (AvgIpc) is 3.52.